The lowest BCUT2D eigenvalue weighted by Gasteiger charge is -2.50. The van der Waals surface area contributed by atoms with Crippen molar-refractivity contribution in [3.05, 3.63) is 36.5 Å². The number of hydrogen-bond acceptors (Lipinski definition) is 5. The van der Waals surface area contributed by atoms with Gasteiger partial charge in [0.05, 0.1) is 24.4 Å². The molecule has 5 rings (SSSR count). The summed E-state index contributed by atoms with van der Waals surface area (Å²) in [5.74, 6) is -0.664. The maximum Gasteiger partial charge on any atom is 0.172 e. The van der Waals surface area contributed by atoms with E-state index in [0.29, 0.717) is 12.8 Å². The molecule has 2 N–H and O–H groups in total. The molecule has 5 aliphatic rings. The zero-order chi connectivity index (χ0) is 20.4. The minimum absolute atomic E-state index is 0.0312. The molecule has 0 aromatic heterocycles. The fraction of sp³-hybridized carbons (Fsp3) is 0.708. The Bertz CT molecular complexity index is 788. The summed E-state index contributed by atoms with van der Waals surface area (Å²) in [4.78, 5) is 4.82. The maximum absolute atomic E-state index is 11.3. The highest BCUT2D eigenvalue weighted by molar-refractivity contribution is 5.96. The average Bonchev–Trinajstić information content (AvgIpc) is 3.31. The Kier molecular flexibility index (Phi) is 4.67. The predicted octanol–water partition coefficient (Wildman–Crippen LogP) is 3.32. The summed E-state index contributed by atoms with van der Waals surface area (Å²) in [5.41, 5.74) is 2.61. The van der Waals surface area contributed by atoms with Gasteiger partial charge in [-0.25, -0.2) is 0 Å². The third-order valence-corrected chi connectivity index (χ3v) is 8.19. The van der Waals surface area contributed by atoms with E-state index in [0.717, 1.165) is 49.9 Å². The van der Waals surface area contributed by atoms with Crippen LogP contribution >= 0.6 is 0 Å². The molecule has 3 bridgehead atoms. The molecule has 3 saturated heterocycles. The summed E-state index contributed by atoms with van der Waals surface area (Å²) in [6.07, 6.45) is 7.97. The van der Waals surface area contributed by atoms with Gasteiger partial charge in [-0.3, -0.25) is 4.99 Å². The van der Waals surface area contributed by atoms with Crippen LogP contribution in [0.5, 0.6) is 0 Å². The molecule has 5 heteroatoms. The van der Waals surface area contributed by atoms with Crippen molar-refractivity contribution in [1.82, 2.24) is 0 Å². The molecule has 0 aromatic rings. The van der Waals surface area contributed by atoms with E-state index in [1.165, 1.54) is 5.57 Å². The zero-order valence-corrected chi connectivity index (χ0v) is 17.3. The van der Waals surface area contributed by atoms with Crippen LogP contribution in [0.2, 0.25) is 0 Å². The van der Waals surface area contributed by atoms with Crippen LogP contribution in [0.3, 0.4) is 0 Å². The van der Waals surface area contributed by atoms with Crippen molar-refractivity contribution in [1.29, 1.82) is 0 Å². The molecule has 0 unspecified atom stereocenters. The molecular formula is C24H33NO4. The molecule has 8 atom stereocenters. The van der Waals surface area contributed by atoms with Crippen molar-refractivity contribution >= 4 is 5.71 Å². The first kappa shape index (κ1) is 19.7. The van der Waals surface area contributed by atoms with Gasteiger partial charge in [0, 0.05) is 36.4 Å². The topological polar surface area (TPSA) is 71.3 Å². The number of aliphatic hydroxyl groups excluding tert-OH is 2. The van der Waals surface area contributed by atoms with Gasteiger partial charge in [-0.1, -0.05) is 37.8 Å². The van der Waals surface area contributed by atoms with Crippen LogP contribution in [0.4, 0.5) is 0 Å². The van der Waals surface area contributed by atoms with E-state index in [4.69, 9.17) is 14.5 Å². The number of aliphatic imine (C=N–C) groups is 1. The Labute approximate surface area is 173 Å². The molecule has 5 nitrogen and oxygen atoms in total. The lowest BCUT2D eigenvalue weighted by atomic mass is 9.59. The lowest BCUT2D eigenvalue weighted by Crippen LogP contribution is -2.56. The van der Waals surface area contributed by atoms with E-state index in [1.54, 1.807) is 0 Å². The third-order valence-electron chi connectivity index (χ3n) is 8.19. The van der Waals surface area contributed by atoms with Crippen molar-refractivity contribution in [2.24, 2.45) is 22.2 Å². The third kappa shape index (κ3) is 2.93. The fourth-order valence-corrected chi connectivity index (χ4v) is 6.53. The van der Waals surface area contributed by atoms with E-state index in [9.17, 15) is 10.2 Å². The molecule has 0 saturated carbocycles. The molecule has 0 aromatic carbocycles. The Hall–Kier alpha value is -1.27. The number of aliphatic hydroxyl groups is 2. The molecule has 0 amide bonds. The van der Waals surface area contributed by atoms with Gasteiger partial charge in [0.1, 0.15) is 0 Å². The minimum atomic E-state index is -0.840. The van der Waals surface area contributed by atoms with Gasteiger partial charge in [-0.05, 0) is 43.6 Å². The molecule has 0 radical (unpaired) electrons. The Morgan fingerprint density at radius 3 is 2.83 bits per heavy atom. The number of allylic oxidation sites excluding steroid dienone is 2. The summed E-state index contributed by atoms with van der Waals surface area (Å²) in [6, 6.07) is 0. The highest BCUT2D eigenvalue weighted by Crippen LogP contribution is 2.55. The van der Waals surface area contributed by atoms with Crippen LogP contribution in [0, 0.1) is 17.3 Å². The first-order valence-electron chi connectivity index (χ1n) is 11.2. The molecule has 3 fully saturated rings. The highest BCUT2D eigenvalue weighted by atomic mass is 16.7. The standard InChI is InChI=1S/C24H33NO4/c1-4-16-5-7-23-9-10-25-22(23)19(27)13-24-8-6-20(28-24)14(2)11-18(26)15(3)21(29-24)17(23)12-16/h4,12,14,17-21,26-27H,1,3,5-11,13H2,2H3/t14-,17+,18+,19-,20-,21+,23+,24+/m0/s1. The second kappa shape index (κ2) is 6.88. The first-order chi connectivity index (χ1) is 13.9. The minimum Gasteiger partial charge on any atom is -0.389 e. The number of ether oxygens (including phenoxy) is 2. The molecule has 1 aliphatic carbocycles. The molecular weight excluding hydrogens is 366 g/mol. The Balaban J connectivity index is 1.67. The predicted molar refractivity (Wildman–Crippen MR) is 112 cm³/mol. The second-order valence-electron chi connectivity index (χ2n) is 9.81. The van der Waals surface area contributed by atoms with E-state index in [1.807, 2.05) is 6.08 Å². The SMILES string of the molecule is C=CC1=C[C@@H]2[C@@H]3O[C@]4(CC[C@H](O4)[C@@H](C)C[C@@H](O)C3=C)C[C@H](O)C3=NCC[C@@]32CC1. The van der Waals surface area contributed by atoms with Crippen molar-refractivity contribution < 1.29 is 19.7 Å². The first-order valence-corrected chi connectivity index (χ1v) is 11.2. The van der Waals surface area contributed by atoms with E-state index < -0.39 is 18.0 Å². The Morgan fingerprint density at radius 2 is 2.03 bits per heavy atom. The summed E-state index contributed by atoms with van der Waals surface area (Å²) in [7, 11) is 0. The molecule has 29 heavy (non-hydrogen) atoms. The van der Waals surface area contributed by atoms with E-state index in [2.05, 4.69) is 26.2 Å². The van der Waals surface area contributed by atoms with Crippen molar-refractivity contribution in [3.63, 3.8) is 0 Å². The zero-order valence-electron chi connectivity index (χ0n) is 17.3. The fourth-order valence-electron chi connectivity index (χ4n) is 6.53. The van der Waals surface area contributed by atoms with E-state index in [-0.39, 0.29) is 29.5 Å². The molecule has 4 heterocycles. The summed E-state index contributed by atoms with van der Waals surface area (Å²) in [5, 5.41) is 22.3. The van der Waals surface area contributed by atoms with Crippen molar-refractivity contribution in [2.45, 2.75) is 82.1 Å². The normalized spacial score (nSPS) is 49.4. The van der Waals surface area contributed by atoms with Gasteiger partial charge in [0.15, 0.2) is 5.79 Å². The maximum atomic E-state index is 11.3. The number of nitrogens with zero attached hydrogens (tertiary/aromatic N) is 1. The second-order valence-corrected chi connectivity index (χ2v) is 9.81. The number of fused-ring (bicyclic) bond motifs is 3. The average molecular weight is 400 g/mol. The van der Waals surface area contributed by atoms with Gasteiger partial charge in [0.2, 0.25) is 0 Å². The van der Waals surface area contributed by atoms with Gasteiger partial charge < -0.3 is 19.7 Å². The molecule has 4 aliphatic heterocycles. The molecule has 158 valence electrons. The van der Waals surface area contributed by atoms with Gasteiger partial charge in [-0.15, -0.1) is 0 Å². The number of hydrogen-bond donors (Lipinski definition) is 2. The van der Waals surface area contributed by atoms with Crippen LogP contribution in [-0.4, -0.2) is 52.7 Å². The largest absolute Gasteiger partial charge is 0.389 e. The van der Waals surface area contributed by atoms with Gasteiger partial charge in [-0.2, -0.15) is 0 Å². The van der Waals surface area contributed by atoms with Gasteiger partial charge >= 0.3 is 0 Å². The Morgan fingerprint density at radius 1 is 1.21 bits per heavy atom. The van der Waals surface area contributed by atoms with E-state index >= 15 is 0 Å². The monoisotopic (exact) mass is 399 g/mol. The highest BCUT2D eigenvalue weighted by Gasteiger charge is 2.59. The van der Waals surface area contributed by atoms with Crippen molar-refractivity contribution in [2.75, 3.05) is 6.54 Å². The molecule has 2 spiro atoms. The van der Waals surface area contributed by atoms with Crippen LogP contribution in [0.1, 0.15) is 51.9 Å². The summed E-state index contributed by atoms with van der Waals surface area (Å²) < 4.78 is 13.3. The van der Waals surface area contributed by atoms with Crippen LogP contribution in [-0.2, 0) is 9.47 Å². The summed E-state index contributed by atoms with van der Waals surface area (Å²) in [6.45, 7) is 11.2. The van der Waals surface area contributed by atoms with Crippen LogP contribution in [0.25, 0.3) is 0 Å². The number of rotatable bonds is 1. The lowest BCUT2D eigenvalue weighted by molar-refractivity contribution is -0.267. The van der Waals surface area contributed by atoms with Crippen LogP contribution in [0.15, 0.2) is 41.4 Å². The van der Waals surface area contributed by atoms with Crippen molar-refractivity contribution in [3.8, 4) is 0 Å². The smallest absolute Gasteiger partial charge is 0.172 e. The van der Waals surface area contributed by atoms with Crippen LogP contribution < -0.4 is 0 Å². The summed E-state index contributed by atoms with van der Waals surface area (Å²) >= 11 is 0. The van der Waals surface area contributed by atoms with Gasteiger partial charge in [0.25, 0.3) is 0 Å². The quantitative estimate of drug-likeness (QED) is 0.664.